The van der Waals surface area contributed by atoms with Crippen LogP contribution in [0.5, 0.6) is 0 Å². The van der Waals surface area contributed by atoms with Gasteiger partial charge in [0.25, 0.3) is 5.91 Å². The van der Waals surface area contributed by atoms with Crippen molar-refractivity contribution >= 4 is 22.4 Å². The minimum Gasteiger partial charge on any atom is -0.377 e. The maximum Gasteiger partial charge on any atom is 0.257 e. The summed E-state index contributed by atoms with van der Waals surface area (Å²) in [5.74, 6) is -0.151. The molecule has 25 heavy (non-hydrogen) atoms. The minimum atomic E-state index is -0.151. The van der Waals surface area contributed by atoms with Crippen molar-refractivity contribution < 1.29 is 9.53 Å². The molecule has 134 valence electrons. The van der Waals surface area contributed by atoms with E-state index in [9.17, 15) is 4.79 Å². The number of hydrogen-bond donors (Lipinski definition) is 1. The van der Waals surface area contributed by atoms with E-state index in [1.54, 1.807) is 5.51 Å². The van der Waals surface area contributed by atoms with Gasteiger partial charge in [-0.2, -0.15) is 0 Å². The van der Waals surface area contributed by atoms with E-state index in [4.69, 9.17) is 4.74 Å². The second-order valence-corrected chi connectivity index (χ2v) is 7.10. The molecule has 0 aliphatic carbocycles. The Morgan fingerprint density at radius 1 is 1.48 bits per heavy atom. The molecule has 3 rings (SSSR count). The molecule has 1 atom stereocenters. The molecule has 1 aliphatic rings. The van der Waals surface area contributed by atoms with E-state index in [0.29, 0.717) is 16.8 Å². The lowest BCUT2D eigenvalue weighted by molar-refractivity contribution is -0.00223. The lowest BCUT2D eigenvalue weighted by Gasteiger charge is -2.32. The zero-order valence-electron chi connectivity index (χ0n) is 14.5. The number of amides is 1. The topological polar surface area (TPSA) is 67.3 Å². The van der Waals surface area contributed by atoms with Crippen molar-refractivity contribution in [2.45, 2.75) is 38.8 Å². The zero-order chi connectivity index (χ0) is 17.5. The van der Waals surface area contributed by atoms with E-state index in [0.717, 1.165) is 51.1 Å². The van der Waals surface area contributed by atoms with Crippen LogP contribution in [0.2, 0.25) is 0 Å². The van der Waals surface area contributed by atoms with Gasteiger partial charge in [-0.15, -0.1) is 10.2 Å². The Morgan fingerprint density at radius 3 is 3.20 bits per heavy atom. The number of piperidine rings is 1. The second-order valence-electron chi connectivity index (χ2n) is 6.27. The number of likely N-dealkylation sites (tertiary alicyclic amines) is 1. The molecular formula is C18H24N4O2S. The van der Waals surface area contributed by atoms with Gasteiger partial charge in [-0.1, -0.05) is 30.4 Å². The van der Waals surface area contributed by atoms with Gasteiger partial charge in [0, 0.05) is 25.3 Å². The maximum absolute atomic E-state index is 12.3. The van der Waals surface area contributed by atoms with Gasteiger partial charge in [0.15, 0.2) is 0 Å². The first kappa shape index (κ1) is 18.0. The number of anilines is 1. The Labute approximate surface area is 152 Å². The zero-order valence-corrected chi connectivity index (χ0v) is 15.3. The second kappa shape index (κ2) is 9.03. The van der Waals surface area contributed by atoms with E-state index >= 15 is 0 Å². The first-order chi connectivity index (χ1) is 12.2. The number of carbonyl (C=O) groups is 1. The van der Waals surface area contributed by atoms with E-state index in [2.05, 4.69) is 33.4 Å². The number of nitrogens with one attached hydrogen (secondary N) is 1. The fourth-order valence-corrected chi connectivity index (χ4v) is 3.48. The van der Waals surface area contributed by atoms with Crippen molar-refractivity contribution in [2.24, 2.45) is 0 Å². The standard InChI is InChI=1S/C18H24N4O2S/c1-2-9-24-16-7-4-8-22(12-16)11-14-5-3-6-15(10-14)17(23)20-18-21-19-13-25-18/h3,5-6,10,13,16H,2,4,7-9,11-12H2,1H3,(H,20,21,23)/t16-/m0/s1. The molecule has 1 aromatic heterocycles. The summed E-state index contributed by atoms with van der Waals surface area (Å²) in [6, 6.07) is 7.77. The molecule has 7 heteroatoms. The van der Waals surface area contributed by atoms with Crippen LogP contribution in [0.15, 0.2) is 29.8 Å². The highest BCUT2D eigenvalue weighted by Crippen LogP contribution is 2.18. The molecule has 1 saturated heterocycles. The molecule has 0 radical (unpaired) electrons. The number of ether oxygens (including phenoxy) is 1. The molecule has 0 bridgehead atoms. The summed E-state index contributed by atoms with van der Waals surface area (Å²) in [5, 5.41) is 10.9. The SMILES string of the molecule is CCCO[C@H]1CCCN(Cc2cccc(C(=O)Nc3nncs3)c2)C1. The van der Waals surface area contributed by atoms with Crippen LogP contribution >= 0.6 is 11.3 Å². The van der Waals surface area contributed by atoms with Crippen molar-refractivity contribution in [3.63, 3.8) is 0 Å². The van der Waals surface area contributed by atoms with Gasteiger partial charge in [-0.25, -0.2) is 0 Å². The molecule has 1 amide bonds. The maximum atomic E-state index is 12.3. The van der Waals surface area contributed by atoms with Gasteiger partial charge in [0.1, 0.15) is 5.51 Å². The average Bonchev–Trinajstić information content (AvgIpc) is 3.13. The molecule has 0 unspecified atom stereocenters. The summed E-state index contributed by atoms with van der Waals surface area (Å²) in [7, 11) is 0. The van der Waals surface area contributed by atoms with Crippen LogP contribution in [0.4, 0.5) is 5.13 Å². The number of rotatable bonds is 7. The summed E-state index contributed by atoms with van der Waals surface area (Å²) in [5.41, 5.74) is 3.38. The Hall–Kier alpha value is -1.83. The molecule has 2 heterocycles. The van der Waals surface area contributed by atoms with Crippen molar-refractivity contribution in [3.8, 4) is 0 Å². The quantitative estimate of drug-likeness (QED) is 0.821. The van der Waals surface area contributed by atoms with Gasteiger partial charge in [-0.3, -0.25) is 15.0 Å². The molecule has 1 aliphatic heterocycles. The van der Waals surface area contributed by atoms with Crippen molar-refractivity contribution in [1.29, 1.82) is 0 Å². The van der Waals surface area contributed by atoms with Crippen LogP contribution in [0.1, 0.15) is 42.1 Å². The van der Waals surface area contributed by atoms with Gasteiger partial charge in [0.2, 0.25) is 5.13 Å². The van der Waals surface area contributed by atoms with Gasteiger partial charge in [0.05, 0.1) is 6.10 Å². The van der Waals surface area contributed by atoms with Crippen LogP contribution in [-0.4, -0.2) is 46.8 Å². The third-order valence-electron chi connectivity index (χ3n) is 4.20. The average molecular weight is 360 g/mol. The summed E-state index contributed by atoms with van der Waals surface area (Å²) in [6.07, 6.45) is 3.69. The highest BCUT2D eigenvalue weighted by Gasteiger charge is 2.20. The van der Waals surface area contributed by atoms with Crippen molar-refractivity contribution in [3.05, 3.63) is 40.9 Å². The third kappa shape index (κ3) is 5.32. The number of hydrogen-bond acceptors (Lipinski definition) is 6. The highest BCUT2D eigenvalue weighted by molar-refractivity contribution is 7.13. The van der Waals surface area contributed by atoms with Crippen molar-refractivity contribution in [1.82, 2.24) is 15.1 Å². The third-order valence-corrected chi connectivity index (χ3v) is 4.80. The minimum absolute atomic E-state index is 0.151. The predicted molar refractivity (Wildman–Crippen MR) is 98.8 cm³/mol. The molecule has 2 aromatic rings. The van der Waals surface area contributed by atoms with Crippen LogP contribution in [0.3, 0.4) is 0 Å². The van der Waals surface area contributed by atoms with E-state index < -0.39 is 0 Å². The van der Waals surface area contributed by atoms with Gasteiger partial charge in [-0.05, 0) is 43.5 Å². The van der Waals surface area contributed by atoms with E-state index in [1.807, 2.05) is 18.2 Å². The Morgan fingerprint density at radius 2 is 2.40 bits per heavy atom. The summed E-state index contributed by atoms with van der Waals surface area (Å²) in [6.45, 7) is 5.85. The highest BCUT2D eigenvalue weighted by atomic mass is 32.1. The van der Waals surface area contributed by atoms with Gasteiger partial charge < -0.3 is 4.74 Å². The Balaban J connectivity index is 1.58. The number of carbonyl (C=O) groups excluding carboxylic acids is 1. The lowest BCUT2D eigenvalue weighted by Crippen LogP contribution is -2.39. The molecular weight excluding hydrogens is 336 g/mol. The number of aromatic nitrogens is 2. The smallest absolute Gasteiger partial charge is 0.257 e. The van der Waals surface area contributed by atoms with Crippen LogP contribution in [0, 0.1) is 0 Å². The molecule has 0 spiro atoms. The first-order valence-electron chi connectivity index (χ1n) is 8.75. The van der Waals surface area contributed by atoms with Crippen molar-refractivity contribution in [2.75, 3.05) is 25.0 Å². The summed E-state index contributed by atoms with van der Waals surface area (Å²) in [4.78, 5) is 14.7. The normalized spacial score (nSPS) is 18.2. The fourth-order valence-electron chi connectivity index (χ4n) is 3.04. The summed E-state index contributed by atoms with van der Waals surface area (Å²) < 4.78 is 5.90. The monoisotopic (exact) mass is 360 g/mol. The Kier molecular flexibility index (Phi) is 6.49. The fraction of sp³-hybridized carbons (Fsp3) is 0.500. The Bertz CT molecular complexity index is 677. The first-order valence-corrected chi connectivity index (χ1v) is 9.63. The molecule has 1 N–H and O–H groups in total. The molecule has 0 saturated carbocycles. The van der Waals surface area contributed by atoms with E-state index in [-0.39, 0.29) is 5.91 Å². The summed E-state index contributed by atoms with van der Waals surface area (Å²) >= 11 is 1.31. The molecule has 1 aromatic carbocycles. The largest absolute Gasteiger partial charge is 0.377 e. The number of benzene rings is 1. The molecule has 1 fully saturated rings. The van der Waals surface area contributed by atoms with Crippen LogP contribution < -0.4 is 5.32 Å². The lowest BCUT2D eigenvalue weighted by atomic mass is 10.1. The van der Waals surface area contributed by atoms with Crippen LogP contribution in [-0.2, 0) is 11.3 Å². The van der Waals surface area contributed by atoms with Gasteiger partial charge >= 0.3 is 0 Å². The van der Waals surface area contributed by atoms with Crippen LogP contribution in [0.25, 0.3) is 0 Å². The van der Waals surface area contributed by atoms with E-state index in [1.165, 1.54) is 11.3 Å². The predicted octanol–water partition coefficient (Wildman–Crippen LogP) is 3.18. The molecule has 6 nitrogen and oxygen atoms in total. The number of nitrogens with zero attached hydrogens (tertiary/aromatic N) is 3.